The first kappa shape index (κ1) is 15.9. The standard InChI is InChI=1S/C16H15BrF2N4/c1-8-3-4-10(9(2)14(18)19)5-11(8)12-6-21-16-15(20)22-13(17)7-23(12)16/h3-7,9,14H,1-2H3,(H2,20,22). The number of anilines is 1. The first-order valence-corrected chi connectivity index (χ1v) is 7.86. The molecular weight excluding hydrogens is 366 g/mol. The monoisotopic (exact) mass is 380 g/mol. The van der Waals surface area contributed by atoms with Gasteiger partial charge in [0.1, 0.15) is 4.60 Å². The minimum absolute atomic E-state index is 0.306. The Morgan fingerprint density at radius 3 is 2.74 bits per heavy atom. The van der Waals surface area contributed by atoms with Gasteiger partial charge in [-0.1, -0.05) is 19.1 Å². The van der Waals surface area contributed by atoms with Gasteiger partial charge in [0.25, 0.3) is 0 Å². The van der Waals surface area contributed by atoms with Crippen molar-refractivity contribution in [3.05, 3.63) is 46.3 Å². The van der Waals surface area contributed by atoms with Crippen LogP contribution in [0.1, 0.15) is 24.0 Å². The van der Waals surface area contributed by atoms with Crippen molar-refractivity contribution >= 4 is 27.4 Å². The first-order chi connectivity index (χ1) is 10.9. The van der Waals surface area contributed by atoms with Gasteiger partial charge in [-0.2, -0.15) is 0 Å². The quantitative estimate of drug-likeness (QED) is 0.731. The van der Waals surface area contributed by atoms with Crippen LogP contribution in [-0.2, 0) is 0 Å². The number of benzene rings is 1. The molecule has 1 aromatic carbocycles. The molecule has 0 aliphatic carbocycles. The Labute approximate surface area is 140 Å². The maximum absolute atomic E-state index is 13.0. The maximum atomic E-state index is 13.0. The smallest absolute Gasteiger partial charge is 0.245 e. The Balaban J connectivity index is 2.21. The summed E-state index contributed by atoms with van der Waals surface area (Å²) >= 11 is 3.31. The SMILES string of the molecule is Cc1ccc(C(C)C(F)F)cc1-c1cnc2c(N)nc(Br)cn12. The van der Waals surface area contributed by atoms with E-state index in [0.717, 1.165) is 16.8 Å². The van der Waals surface area contributed by atoms with Crippen molar-refractivity contribution in [2.75, 3.05) is 5.73 Å². The lowest BCUT2D eigenvalue weighted by molar-refractivity contribution is 0.121. The highest BCUT2D eigenvalue weighted by atomic mass is 79.9. The van der Waals surface area contributed by atoms with E-state index in [1.165, 1.54) is 6.92 Å². The van der Waals surface area contributed by atoms with Crippen molar-refractivity contribution in [1.82, 2.24) is 14.4 Å². The van der Waals surface area contributed by atoms with Crippen LogP contribution < -0.4 is 5.73 Å². The summed E-state index contributed by atoms with van der Waals surface area (Å²) in [6, 6.07) is 5.38. The second-order valence-electron chi connectivity index (χ2n) is 5.48. The second kappa shape index (κ2) is 5.88. The number of halogens is 3. The van der Waals surface area contributed by atoms with Crippen LogP contribution in [-0.4, -0.2) is 20.8 Å². The molecule has 0 aliphatic rings. The lowest BCUT2D eigenvalue weighted by Gasteiger charge is -2.14. The molecule has 3 rings (SSSR count). The summed E-state index contributed by atoms with van der Waals surface area (Å²) in [4.78, 5) is 8.41. The fraction of sp³-hybridized carbons (Fsp3) is 0.250. The van der Waals surface area contributed by atoms with Crippen molar-refractivity contribution in [2.24, 2.45) is 0 Å². The molecule has 0 spiro atoms. The highest BCUT2D eigenvalue weighted by Crippen LogP contribution is 2.31. The summed E-state index contributed by atoms with van der Waals surface area (Å²) in [6.45, 7) is 3.46. The molecule has 2 heterocycles. The van der Waals surface area contributed by atoms with Gasteiger partial charge >= 0.3 is 0 Å². The first-order valence-electron chi connectivity index (χ1n) is 7.06. The molecule has 1 atom stereocenters. The van der Waals surface area contributed by atoms with Gasteiger partial charge in [-0.15, -0.1) is 0 Å². The zero-order valence-electron chi connectivity index (χ0n) is 12.6. The second-order valence-corrected chi connectivity index (χ2v) is 6.30. The van der Waals surface area contributed by atoms with Crippen molar-refractivity contribution < 1.29 is 8.78 Å². The van der Waals surface area contributed by atoms with E-state index in [-0.39, 0.29) is 0 Å². The molecule has 2 aromatic heterocycles. The number of aryl methyl sites for hydroxylation is 1. The summed E-state index contributed by atoms with van der Waals surface area (Å²) in [5.41, 5.74) is 9.62. The molecule has 2 N–H and O–H groups in total. The van der Waals surface area contributed by atoms with Gasteiger partial charge in [0, 0.05) is 17.7 Å². The van der Waals surface area contributed by atoms with E-state index in [4.69, 9.17) is 5.73 Å². The number of fused-ring (bicyclic) bond motifs is 1. The minimum atomic E-state index is -2.40. The van der Waals surface area contributed by atoms with Crippen LogP contribution in [0.15, 0.2) is 35.2 Å². The van der Waals surface area contributed by atoms with E-state index in [0.29, 0.717) is 21.6 Å². The molecule has 0 bridgehead atoms. The molecule has 120 valence electrons. The van der Waals surface area contributed by atoms with Gasteiger partial charge in [-0.05, 0) is 40.0 Å². The lowest BCUT2D eigenvalue weighted by Crippen LogP contribution is -2.05. The number of hydrogen-bond acceptors (Lipinski definition) is 3. The third-order valence-corrected chi connectivity index (χ3v) is 4.31. The summed E-state index contributed by atoms with van der Waals surface area (Å²) < 4.78 is 28.4. The fourth-order valence-electron chi connectivity index (χ4n) is 2.53. The molecule has 3 aromatic rings. The third kappa shape index (κ3) is 2.81. The van der Waals surface area contributed by atoms with Crippen LogP contribution in [0.2, 0.25) is 0 Å². The molecule has 0 saturated heterocycles. The number of nitrogen functional groups attached to an aromatic ring is 1. The van der Waals surface area contributed by atoms with Crippen LogP contribution in [0, 0.1) is 6.92 Å². The molecule has 0 saturated carbocycles. The highest BCUT2D eigenvalue weighted by Gasteiger charge is 2.19. The maximum Gasteiger partial charge on any atom is 0.245 e. The van der Waals surface area contributed by atoms with Gasteiger partial charge < -0.3 is 5.73 Å². The van der Waals surface area contributed by atoms with E-state index >= 15 is 0 Å². The average molecular weight is 381 g/mol. The van der Waals surface area contributed by atoms with Crippen molar-refractivity contribution in [3.63, 3.8) is 0 Å². The number of alkyl halides is 2. The number of hydrogen-bond donors (Lipinski definition) is 1. The third-order valence-electron chi connectivity index (χ3n) is 3.93. The van der Waals surface area contributed by atoms with E-state index in [1.54, 1.807) is 24.5 Å². The number of imidazole rings is 1. The molecule has 0 aliphatic heterocycles. The van der Waals surface area contributed by atoms with E-state index in [2.05, 4.69) is 25.9 Å². The van der Waals surface area contributed by atoms with Crippen LogP contribution in [0.25, 0.3) is 16.9 Å². The zero-order valence-corrected chi connectivity index (χ0v) is 14.2. The Morgan fingerprint density at radius 2 is 2.04 bits per heavy atom. The summed E-state index contributed by atoms with van der Waals surface area (Å²) in [6.07, 6.45) is 1.04. The molecule has 0 fully saturated rings. The van der Waals surface area contributed by atoms with E-state index in [1.807, 2.05) is 17.4 Å². The van der Waals surface area contributed by atoms with Crippen molar-refractivity contribution in [2.45, 2.75) is 26.2 Å². The number of nitrogens with zero attached hydrogens (tertiary/aromatic N) is 3. The summed E-state index contributed by atoms with van der Waals surface area (Å²) in [5.74, 6) is -0.521. The van der Waals surface area contributed by atoms with Crippen molar-refractivity contribution in [3.8, 4) is 11.3 Å². The van der Waals surface area contributed by atoms with Crippen molar-refractivity contribution in [1.29, 1.82) is 0 Å². The molecule has 1 unspecified atom stereocenters. The Morgan fingerprint density at radius 1 is 1.30 bits per heavy atom. The van der Waals surface area contributed by atoms with Gasteiger partial charge in [-0.25, -0.2) is 18.7 Å². The van der Waals surface area contributed by atoms with E-state index in [9.17, 15) is 8.78 Å². The van der Waals surface area contributed by atoms with Gasteiger partial charge in [-0.3, -0.25) is 4.40 Å². The van der Waals surface area contributed by atoms with E-state index < -0.39 is 12.3 Å². The molecular formula is C16H15BrF2N4. The molecule has 0 radical (unpaired) electrons. The molecule has 23 heavy (non-hydrogen) atoms. The largest absolute Gasteiger partial charge is 0.381 e. The van der Waals surface area contributed by atoms with Gasteiger partial charge in [0.15, 0.2) is 11.5 Å². The zero-order chi connectivity index (χ0) is 16.7. The predicted molar refractivity (Wildman–Crippen MR) is 89.7 cm³/mol. The predicted octanol–water partition coefficient (Wildman–Crippen LogP) is 4.42. The Bertz CT molecular complexity index is 876. The molecule has 4 nitrogen and oxygen atoms in total. The normalized spacial score (nSPS) is 13.0. The van der Waals surface area contributed by atoms with Gasteiger partial charge in [0.05, 0.1) is 11.9 Å². The van der Waals surface area contributed by atoms with Crippen LogP contribution in [0.5, 0.6) is 0 Å². The Hall–Kier alpha value is -2.02. The Kier molecular flexibility index (Phi) is 4.06. The number of aromatic nitrogens is 3. The summed E-state index contributed by atoms with van der Waals surface area (Å²) in [7, 11) is 0. The average Bonchev–Trinajstić information content (AvgIpc) is 2.90. The summed E-state index contributed by atoms with van der Waals surface area (Å²) in [5, 5.41) is 0. The molecule has 0 amide bonds. The fourth-order valence-corrected chi connectivity index (χ4v) is 2.92. The lowest BCUT2D eigenvalue weighted by atomic mass is 9.95. The number of nitrogens with two attached hydrogens (primary N) is 1. The van der Waals surface area contributed by atoms with Crippen LogP contribution >= 0.6 is 15.9 Å². The topological polar surface area (TPSA) is 56.2 Å². The number of rotatable bonds is 3. The highest BCUT2D eigenvalue weighted by molar-refractivity contribution is 9.10. The van der Waals surface area contributed by atoms with Gasteiger partial charge in [0.2, 0.25) is 6.43 Å². The van der Waals surface area contributed by atoms with Crippen LogP contribution in [0.4, 0.5) is 14.6 Å². The molecule has 7 heteroatoms. The van der Waals surface area contributed by atoms with Crippen LogP contribution in [0.3, 0.4) is 0 Å². The minimum Gasteiger partial charge on any atom is -0.381 e.